The summed E-state index contributed by atoms with van der Waals surface area (Å²) in [4.78, 5) is 6.29. The first-order valence-electron chi connectivity index (χ1n) is 4.55. The number of anilines is 1. The van der Waals surface area contributed by atoms with E-state index in [1.54, 1.807) is 11.3 Å². The molecule has 0 saturated carbocycles. The molecule has 0 saturated heterocycles. The molecule has 4 heteroatoms. The van der Waals surface area contributed by atoms with E-state index in [1.807, 2.05) is 19.5 Å². The van der Waals surface area contributed by atoms with Gasteiger partial charge in [0.1, 0.15) is 10.2 Å². The number of hydrogen-bond acceptors (Lipinski definition) is 3. The van der Waals surface area contributed by atoms with Crippen LogP contribution in [0.5, 0.6) is 0 Å². The van der Waals surface area contributed by atoms with Gasteiger partial charge in [-0.3, -0.25) is 0 Å². The molecule has 0 radical (unpaired) electrons. The third kappa shape index (κ3) is 2.30. The average Bonchev–Trinajstić information content (AvgIpc) is 2.65. The number of thiazole rings is 1. The molecule has 0 unspecified atom stereocenters. The summed E-state index contributed by atoms with van der Waals surface area (Å²) in [6.45, 7) is 0. The Morgan fingerprint density at radius 3 is 2.33 bits per heavy atom. The molecule has 2 aromatic rings. The zero-order chi connectivity index (χ0) is 10.8. The van der Waals surface area contributed by atoms with Gasteiger partial charge in [-0.05, 0) is 24.3 Å². The van der Waals surface area contributed by atoms with Gasteiger partial charge in [-0.1, -0.05) is 11.6 Å². The number of hydrogen-bond donors (Lipinski definition) is 0. The Balaban J connectivity index is 2.31. The van der Waals surface area contributed by atoms with E-state index >= 15 is 0 Å². The van der Waals surface area contributed by atoms with Crippen molar-refractivity contribution < 1.29 is 0 Å². The minimum Gasteiger partial charge on any atom is -0.378 e. The maximum absolute atomic E-state index is 5.78. The Kier molecular flexibility index (Phi) is 2.93. The van der Waals surface area contributed by atoms with Gasteiger partial charge in [0.2, 0.25) is 0 Å². The van der Waals surface area contributed by atoms with Gasteiger partial charge in [-0.25, -0.2) is 4.98 Å². The zero-order valence-corrected chi connectivity index (χ0v) is 10.1. The lowest BCUT2D eigenvalue weighted by atomic mass is 10.2. The predicted molar refractivity (Wildman–Crippen MR) is 66.9 cm³/mol. The Labute approximate surface area is 98.1 Å². The number of halogens is 1. The highest BCUT2D eigenvalue weighted by molar-refractivity contribution is 7.13. The molecule has 1 aromatic heterocycles. The maximum Gasteiger partial charge on any atom is 0.140 e. The predicted octanol–water partition coefficient (Wildman–Crippen LogP) is 3.53. The summed E-state index contributed by atoms with van der Waals surface area (Å²) in [5.74, 6) is 0. The Morgan fingerprint density at radius 2 is 1.87 bits per heavy atom. The minimum absolute atomic E-state index is 0.562. The summed E-state index contributed by atoms with van der Waals surface area (Å²) in [5.41, 5.74) is 2.29. The maximum atomic E-state index is 5.78. The molecule has 2 nitrogen and oxygen atoms in total. The zero-order valence-electron chi connectivity index (χ0n) is 8.57. The molecule has 0 amide bonds. The first-order valence-corrected chi connectivity index (χ1v) is 5.81. The molecule has 1 heterocycles. The quantitative estimate of drug-likeness (QED) is 0.796. The van der Waals surface area contributed by atoms with Crippen LogP contribution >= 0.6 is 22.9 Å². The van der Waals surface area contributed by atoms with E-state index in [0.717, 1.165) is 10.6 Å². The molecule has 15 heavy (non-hydrogen) atoms. The highest BCUT2D eigenvalue weighted by atomic mass is 35.5. The van der Waals surface area contributed by atoms with Crippen molar-refractivity contribution in [3.8, 4) is 10.6 Å². The third-order valence-electron chi connectivity index (χ3n) is 2.11. The lowest BCUT2D eigenvalue weighted by Gasteiger charge is -2.11. The van der Waals surface area contributed by atoms with Crippen molar-refractivity contribution in [2.45, 2.75) is 0 Å². The van der Waals surface area contributed by atoms with Crippen LogP contribution < -0.4 is 4.90 Å². The molecule has 0 fully saturated rings. The van der Waals surface area contributed by atoms with Crippen LogP contribution in [0, 0.1) is 0 Å². The lowest BCUT2D eigenvalue weighted by molar-refractivity contribution is 1.13. The standard InChI is InChI=1S/C11H11ClN2S/c1-14(2)9-5-3-8(4-6-9)11-13-10(12)7-15-11/h3-7H,1-2H3. The van der Waals surface area contributed by atoms with Crippen LogP contribution in [0.1, 0.15) is 0 Å². The van der Waals surface area contributed by atoms with E-state index in [1.165, 1.54) is 5.69 Å². The van der Waals surface area contributed by atoms with E-state index in [4.69, 9.17) is 11.6 Å². The van der Waals surface area contributed by atoms with Crippen molar-refractivity contribution in [2.24, 2.45) is 0 Å². The summed E-state index contributed by atoms with van der Waals surface area (Å²) >= 11 is 7.34. The van der Waals surface area contributed by atoms with Crippen LogP contribution in [-0.2, 0) is 0 Å². The molecule has 0 atom stereocenters. The highest BCUT2D eigenvalue weighted by Gasteiger charge is 2.03. The molecule has 0 N–H and O–H groups in total. The van der Waals surface area contributed by atoms with Crippen LogP contribution in [-0.4, -0.2) is 19.1 Å². The van der Waals surface area contributed by atoms with Crippen LogP contribution in [0.4, 0.5) is 5.69 Å². The molecular weight excluding hydrogens is 228 g/mol. The number of rotatable bonds is 2. The van der Waals surface area contributed by atoms with Gasteiger partial charge in [0.15, 0.2) is 0 Å². The summed E-state index contributed by atoms with van der Waals surface area (Å²) in [6, 6.07) is 8.27. The van der Waals surface area contributed by atoms with Crippen molar-refractivity contribution in [1.82, 2.24) is 4.98 Å². The van der Waals surface area contributed by atoms with Crippen molar-refractivity contribution >= 4 is 28.6 Å². The fourth-order valence-electron chi connectivity index (χ4n) is 1.29. The Bertz CT molecular complexity index is 448. The minimum atomic E-state index is 0.562. The molecule has 0 spiro atoms. The van der Waals surface area contributed by atoms with Crippen LogP contribution in [0.15, 0.2) is 29.6 Å². The van der Waals surface area contributed by atoms with Gasteiger partial charge in [-0.15, -0.1) is 11.3 Å². The van der Waals surface area contributed by atoms with Crippen molar-refractivity contribution in [3.05, 3.63) is 34.8 Å². The number of nitrogens with zero attached hydrogens (tertiary/aromatic N) is 2. The number of benzene rings is 1. The van der Waals surface area contributed by atoms with Gasteiger partial charge < -0.3 is 4.90 Å². The normalized spacial score (nSPS) is 10.3. The van der Waals surface area contributed by atoms with E-state index in [-0.39, 0.29) is 0 Å². The average molecular weight is 239 g/mol. The highest BCUT2D eigenvalue weighted by Crippen LogP contribution is 2.27. The first-order chi connectivity index (χ1) is 7.16. The van der Waals surface area contributed by atoms with Crippen molar-refractivity contribution in [3.63, 3.8) is 0 Å². The van der Waals surface area contributed by atoms with Gasteiger partial charge >= 0.3 is 0 Å². The molecule has 0 aliphatic rings. The third-order valence-corrected chi connectivity index (χ3v) is 3.32. The van der Waals surface area contributed by atoms with Crippen LogP contribution in [0.2, 0.25) is 5.15 Å². The van der Waals surface area contributed by atoms with Gasteiger partial charge in [0, 0.05) is 30.7 Å². The smallest absolute Gasteiger partial charge is 0.140 e. The summed E-state index contributed by atoms with van der Waals surface area (Å²) in [5, 5.41) is 3.37. The second-order valence-electron chi connectivity index (χ2n) is 3.42. The van der Waals surface area contributed by atoms with Gasteiger partial charge in [0.05, 0.1) is 0 Å². The van der Waals surface area contributed by atoms with Crippen LogP contribution in [0.3, 0.4) is 0 Å². The Morgan fingerprint density at radius 1 is 1.20 bits per heavy atom. The molecule has 78 valence electrons. The van der Waals surface area contributed by atoms with Crippen molar-refractivity contribution in [2.75, 3.05) is 19.0 Å². The second kappa shape index (κ2) is 4.21. The Hall–Kier alpha value is -1.06. The molecular formula is C11H11ClN2S. The van der Waals surface area contributed by atoms with E-state index < -0.39 is 0 Å². The largest absolute Gasteiger partial charge is 0.378 e. The second-order valence-corrected chi connectivity index (χ2v) is 4.66. The molecule has 0 bridgehead atoms. The molecule has 1 aromatic carbocycles. The first kappa shape index (κ1) is 10.5. The summed E-state index contributed by atoms with van der Waals surface area (Å²) in [6.07, 6.45) is 0. The topological polar surface area (TPSA) is 16.1 Å². The lowest BCUT2D eigenvalue weighted by Crippen LogP contribution is -2.07. The fourth-order valence-corrected chi connectivity index (χ4v) is 2.24. The molecule has 0 aliphatic carbocycles. The SMILES string of the molecule is CN(C)c1ccc(-c2nc(Cl)cs2)cc1. The fraction of sp³-hybridized carbons (Fsp3) is 0.182. The van der Waals surface area contributed by atoms with Gasteiger partial charge in [0.25, 0.3) is 0 Å². The van der Waals surface area contributed by atoms with Crippen molar-refractivity contribution in [1.29, 1.82) is 0 Å². The van der Waals surface area contributed by atoms with E-state index in [9.17, 15) is 0 Å². The summed E-state index contributed by atoms with van der Waals surface area (Å²) < 4.78 is 0. The number of aromatic nitrogens is 1. The molecule has 0 aliphatic heterocycles. The monoisotopic (exact) mass is 238 g/mol. The van der Waals surface area contributed by atoms with Gasteiger partial charge in [-0.2, -0.15) is 0 Å². The van der Waals surface area contributed by atoms with E-state index in [2.05, 4.69) is 34.1 Å². The summed E-state index contributed by atoms with van der Waals surface area (Å²) in [7, 11) is 4.05. The van der Waals surface area contributed by atoms with Crippen LogP contribution in [0.25, 0.3) is 10.6 Å². The molecule has 2 rings (SSSR count). The van der Waals surface area contributed by atoms with E-state index in [0.29, 0.717) is 5.15 Å².